The van der Waals surface area contributed by atoms with Crippen LogP contribution in [0.3, 0.4) is 0 Å². The normalized spacial score (nSPS) is 12.7. The minimum Gasteiger partial charge on any atom is -0.330 e. The average Bonchev–Trinajstić information content (AvgIpc) is 2.49. The predicted molar refractivity (Wildman–Crippen MR) is 94.1 cm³/mol. The molecule has 0 aromatic rings. The van der Waals surface area contributed by atoms with Crippen molar-refractivity contribution < 1.29 is 0 Å². The van der Waals surface area contributed by atoms with Gasteiger partial charge in [0, 0.05) is 0 Å². The Hall–Kier alpha value is -0.160. The monoisotopic (exact) mass is 300 g/mol. The highest BCUT2D eigenvalue weighted by atomic mass is 15.0. The van der Waals surface area contributed by atoms with Gasteiger partial charge in [-0.25, -0.2) is 0 Å². The minimum atomic E-state index is 0.172. The fraction of sp³-hybridized carbons (Fsp3) is 1.00. The molecule has 0 amide bonds. The van der Waals surface area contributed by atoms with Crippen LogP contribution in [0.25, 0.3) is 0 Å². The molecule has 0 aromatic carbocycles. The summed E-state index contributed by atoms with van der Waals surface area (Å²) in [7, 11) is 0. The maximum atomic E-state index is 6.03. The highest BCUT2D eigenvalue weighted by molar-refractivity contribution is 4.59. The quantitative estimate of drug-likeness (QED) is 0.246. The number of hydrogen-bond acceptors (Lipinski definition) is 4. The van der Waals surface area contributed by atoms with E-state index in [-0.39, 0.29) is 6.17 Å². The van der Waals surface area contributed by atoms with Crippen molar-refractivity contribution in [3.05, 3.63) is 0 Å². The molecule has 0 rings (SSSR count). The average molecular weight is 301 g/mol. The Labute approximate surface area is 132 Å². The van der Waals surface area contributed by atoms with Gasteiger partial charge in [-0.2, -0.15) is 0 Å². The number of hydrogen-bond donors (Lipinski definition) is 4. The molecule has 0 aromatic heterocycles. The molecule has 7 N–H and O–H groups in total. The second kappa shape index (κ2) is 17.9. The van der Waals surface area contributed by atoms with Crippen LogP contribution in [0.1, 0.15) is 83.5 Å². The molecular formula is C17H40N4. The largest absolute Gasteiger partial charge is 0.330 e. The van der Waals surface area contributed by atoms with E-state index in [1.165, 1.54) is 70.6 Å². The van der Waals surface area contributed by atoms with E-state index >= 15 is 0 Å². The van der Waals surface area contributed by atoms with Gasteiger partial charge in [0.1, 0.15) is 0 Å². The van der Waals surface area contributed by atoms with Crippen LogP contribution in [-0.2, 0) is 0 Å². The first-order valence-corrected chi connectivity index (χ1v) is 9.20. The lowest BCUT2D eigenvalue weighted by molar-refractivity contribution is 0.455. The van der Waals surface area contributed by atoms with Gasteiger partial charge < -0.3 is 22.5 Å². The number of nitrogens with two attached hydrogens (primary N) is 3. The third-order valence-electron chi connectivity index (χ3n) is 4.01. The standard InChI is InChI=1S/C17H40N4/c18-14-10-6-4-2-1-3-5-7-12-16-21-17(20)13-9-8-11-15-19/h17,21H,1-16,18-20H2. The second-order valence-corrected chi connectivity index (χ2v) is 6.17. The number of nitrogens with one attached hydrogen (secondary N) is 1. The molecule has 21 heavy (non-hydrogen) atoms. The fourth-order valence-electron chi connectivity index (χ4n) is 2.58. The van der Waals surface area contributed by atoms with E-state index in [9.17, 15) is 0 Å². The van der Waals surface area contributed by atoms with Crippen molar-refractivity contribution in [2.45, 2.75) is 89.6 Å². The number of unbranched alkanes of at least 4 members (excludes halogenated alkanes) is 10. The van der Waals surface area contributed by atoms with Crippen molar-refractivity contribution in [1.82, 2.24) is 5.32 Å². The van der Waals surface area contributed by atoms with Crippen molar-refractivity contribution in [3.63, 3.8) is 0 Å². The van der Waals surface area contributed by atoms with Crippen LogP contribution in [0.4, 0.5) is 0 Å². The molecule has 0 radical (unpaired) electrons. The van der Waals surface area contributed by atoms with Crippen molar-refractivity contribution in [1.29, 1.82) is 0 Å². The third kappa shape index (κ3) is 17.8. The third-order valence-corrected chi connectivity index (χ3v) is 4.01. The topological polar surface area (TPSA) is 90.1 Å². The van der Waals surface area contributed by atoms with Gasteiger partial charge in [-0.3, -0.25) is 0 Å². The molecule has 0 spiro atoms. The zero-order chi connectivity index (χ0) is 15.6. The summed E-state index contributed by atoms with van der Waals surface area (Å²) in [5.41, 5.74) is 17.0. The summed E-state index contributed by atoms with van der Waals surface area (Å²) < 4.78 is 0. The Balaban J connectivity index is 3.07. The van der Waals surface area contributed by atoms with Gasteiger partial charge in [-0.15, -0.1) is 0 Å². The molecule has 0 heterocycles. The van der Waals surface area contributed by atoms with Gasteiger partial charge in [0.15, 0.2) is 0 Å². The van der Waals surface area contributed by atoms with Gasteiger partial charge >= 0.3 is 0 Å². The van der Waals surface area contributed by atoms with Gasteiger partial charge in [-0.1, -0.05) is 57.8 Å². The molecule has 4 nitrogen and oxygen atoms in total. The summed E-state index contributed by atoms with van der Waals surface area (Å²) in [5, 5.41) is 3.42. The predicted octanol–water partition coefficient (Wildman–Crippen LogP) is 2.85. The summed E-state index contributed by atoms with van der Waals surface area (Å²) in [5.74, 6) is 0. The van der Waals surface area contributed by atoms with Gasteiger partial charge in [-0.05, 0) is 45.3 Å². The molecule has 4 heteroatoms. The first-order valence-electron chi connectivity index (χ1n) is 9.20. The molecular weight excluding hydrogens is 260 g/mol. The molecule has 1 atom stereocenters. The smallest absolute Gasteiger partial charge is 0.0546 e. The van der Waals surface area contributed by atoms with Crippen LogP contribution < -0.4 is 22.5 Å². The van der Waals surface area contributed by atoms with E-state index in [1.54, 1.807) is 0 Å². The molecule has 0 bridgehead atoms. The lowest BCUT2D eigenvalue weighted by atomic mass is 10.1. The lowest BCUT2D eigenvalue weighted by Gasteiger charge is -2.13. The molecule has 0 saturated heterocycles. The highest BCUT2D eigenvalue weighted by Crippen LogP contribution is 2.09. The van der Waals surface area contributed by atoms with Crippen LogP contribution in [0, 0.1) is 0 Å². The summed E-state index contributed by atoms with van der Waals surface area (Å²) >= 11 is 0. The summed E-state index contributed by atoms with van der Waals surface area (Å²) in [6.07, 6.45) is 16.7. The van der Waals surface area contributed by atoms with Gasteiger partial charge in [0.25, 0.3) is 0 Å². The number of rotatable bonds is 17. The van der Waals surface area contributed by atoms with Crippen molar-refractivity contribution in [2.24, 2.45) is 17.2 Å². The van der Waals surface area contributed by atoms with Crippen LogP contribution in [0.15, 0.2) is 0 Å². The van der Waals surface area contributed by atoms with Crippen LogP contribution in [0.2, 0.25) is 0 Å². The van der Waals surface area contributed by atoms with Crippen LogP contribution in [-0.4, -0.2) is 25.8 Å². The molecule has 0 aliphatic heterocycles. The van der Waals surface area contributed by atoms with E-state index in [0.29, 0.717) is 0 Å². The molecule has 128 valence electrons. The van der Waals surface area contributed by atoms with E-state index < -0.39 is 0 Å². The lowest BCUT2D eigenvalue weighted by Crippen LogP contribution is -2.37. The Kier molecular flexibility index (Phi) is 17.8. The molecule has 0 aliphatic carbocycles. The van der Waals surface area contributed by atoms with Crippen LogP contribution >= 0.6 is 0 Å². The van der Waals surface area contributed by atoms with Gasteiger partial charge in [0.05, 0.1) is 6.17 Å². The molecule has 0 saturated carbocycles. The maximum absolute atomic E-state index is 6.03. The summed E-state index contributed by atoms with van der Waals surface area (Å²) in [6.45, 7) is 2.71. The van der Waals surface area contributed by atoms with Crippen molar-refractivity contribution >= 4 is 0 Å². The Morgan fingerprint density at radius 1 is 0.571 bits per heavy atom. The zero-order valence-corrected chi connectivity index (χ0v) is 14.1. The van der Waals surface area contributed by atoms with E-state index in [4.69, 9.17) is 17.2 Å². The SMILES string of the molecule is NCCCCCCCCCCCNC(N)CCCCCN. The Bertz CT molecular complexity index is 188. The molecule has 0 fully saturated rings. The fourth-order valence-corrected chi connectivity index (χ4v) is 2.58. The first-order chi connectivity index (χ1) is 10.3. The summed E-state index contributed by atoms with van der Waals surface area (Å²) in [4.78, 5) is 0. The second-order valence-electron chi connectivity index (χ2n) is 6.17. The first kappa shape index (κ1) is 20.8. The van der Waals surface area contributed by atoms with Crippen molar-refractivity contribution in [2.75, 3.05) is 19.6 Å². The molecule has 1 unspecified atom stereocenters. The van der Waals surface area contributed by atoms with Crippen molar-refractivity contribution in [3.8, 4) is 0 Å². The van der Waals surface area contributed by atoms with E-state index in [1.807, 2.05) is 0 Å². The Morgan fingerprint density at radius 3 is 1.52 bits per heavy atom. The van der Waals surface area contributed by atoms with Crippen LogP contribution in [0.5, 0.6) is 0 Å². The Morgan fingerprint density at radius 2 is 1.00 bits per heavy atom. The summed E-state index contributed by atoms with van der Waals surface area (Å²) in [6, 6.07) is 0. The minimum absolute atomic E-state index is 0.172. The van der Waals surface area contributed by atoms with E-state index in [0.717, 1.165) is 32.5 Å². The molecule has 0 aliphatic rings. The maximum Gasteiger partial charge on any atom is 0.0546 e. The van der Waals surface area contributed by atoms with E-state index in [2.05, 4.69) is 5.32 Å². The van der Waals surface area contributed by atoms with Gasteiger partial charge in [0.2, 0.25) is 0 Å². The zero-order valence-electron chi connectivity index (χ0n) is 14.1. The highest BCUT2D eigenvalue weighted by Gasteiger charge is 2.00.